The summed E-state index contributed by atoms with van der Waals surface area (Å²) in [5.74, 6) is 0.605. The van der Waals surface area contributed by atoms with Crippen LogP contribution in [0.2, 0.25) is 0 Å². The Balaban J connectivity index is 2.54. The standard InChI is InChI=1S/C14H30N2O3/c1-14(11-15,8-13(17-3)18-4)16(2)9-12-6-5-7-19-10-12/h12-13H,5-11,15H2,1-4H3. The molecule has 5 heteroatoms. The number of nitrogens with two attached hydrogens (primary N) is 1. The highest BCUT2D eigenvalue weighted by molar-refractivity contribution is 4.88. The summed E-state index contributed by atoms with van der Waals surface area (Å²) in [7, 11) is 5.46. The number of methoxy groups -OCH3 is 2. The molecule has 1 rings (SSSR count). The first kappa shape index (κ1) is 16.9. The highest BCUT2D eigenvalue weighted by Gasteiger charge is 2.32. The van der Waals surface area contributed by atoms with E-state index in [9.17, 15) is 0 Å². The average molecular weight is 274 g/mol. The Morgan fingerprint density at radius 3 is 2.58 bits per heavy atom. The fourth-order valence-electron chi connectivity index (χ4n) is 2.58. The number of hydrogen-bond acceptors (Lipinski definition) is 5. The Bertz CT molecular complexity index is 243. The smallest absolute Gasteiger partial charge is 0.158 e. The molecule has 1 aliphatic rings. The Morgan fingerprint density at radius 2 is 2.11 bits per heavy atom. The maximum atomic E-state index is 5.99. The largest absolute Gasteiger partial charge is 0.381 e. The molecule has 2 N–H and O–H groups in total. The third-order valence-corrected chi connectivity index (χ3v) is 4.28. The van der Waals surface area contributed by atoms with Gasteiger partial charge >= 0.3 is 0 Å². The maximum Gasteiger partial charge on any atom is 0.158 e. The van der Waals surface area contributed by atoms with Gasteiger partial charge < -0.3 is 19.9 Å². The molecule has 0 spiro atoms. The van der Waals surface area contributed by atoms with Crippen LogP contribution >= 0.6 is 0 Å². The Hall–Kier alpha value is -0.200. The zero-order valence-corrected chi connectivity index (χ0v) is 12.9. The van der Waals surface area contributed by atoms with Gasteiger partial charge in [0.05, 0.1) is 6.61 Å². The van der Waals surface area contributed by atoms with Crippen LogP contribution in [0.3, 0.4) is 0 Å². The van der Waals surface area contributed by atoms with Gasteiger partial charge in [0, 0.05) is 45.9 Å². The summed E-state index contributed by atoms with van der Waals surface area (Å²) in [6, 6.07) is 0. The summed E-state index contributed by atoms with van der Waals surface area (Å²) in [5.41, 5.74) is 5.87. The van der Waals surface area contributed by atoms with Crippen molar-refractivity contribution in [2.75, 3.05) is 47.6 Å². The minimum absolute atomic E-state index is 0.117. The molecule has 0 aromatic carbocycles. The molecular weight excluding hydrogens is 244 g/mol. The predicted molar refractivity (Wildman–Crippen MR) is 76.1 cm³/mol. The maximum absolute atomic E-state index is 5.99. The second-order valence-corrected chi connectivity index (χ2v) is 5.77. The highest BCUT2D eigenvalue weighted by atomic mass is 16.7. The minimum Gasteiger partial charge on any atom is -0.381 e. The summed E-state index contributed by atoms with van der Waals surface area (Å²) in [5, 5.41) is 0. The first-order chi connectivity index (χ1) is 9.05. The van der Waals surface area contributed by atoms with Crippen molar-refractivity contribution >= 4 is 0 Å². The predicted octanol–water partition coefficient (Wildman–Crippen LogP) is 1.07. The SMILES string of the molecule is COC(CC(C)(CN)N(C)CC1CCCOC1)OC. The van der Waals surface area contributed by atoms with Crippen LogP contribution in [0.1, 0.15) is 26.2 Å². The Labute approximate surface area is 117 Å². The van der Waals surface area contributed by atoms with E-state index < -0.39 is 0 Å². The summed E-state index contributed by atoms with van der Waals surface area (Å²) in [4.78, 5) is 2.33. The van der Waals surface area contributed by atoms with Gasteiger partial charge in [-0.15, -0.1) is 0 Å². The van der Waals surface area contributed by atoms with Gasteiger partial charge in [0.25, 0.3) is 0 Å². The van der Waals surface area contributed by atoms with Crippen LogP contribution in [0.5, 0.6) is 0 Å². The van der Waals surface area contributed by atoms with Crippen molar-refractivity contribution in [2.24, 2.45) is 11.7 Å². The second kappa shape index (κ2) is 8.17. The quantitative estimate of drug-likeness (QED) is 0.671. The van der Waals surface area contributed by atoms with Gasteiger partial charge in [-0.25, -0.2) is 0 Å². The van der Waals surface area contributed by atoms with Crippen LogP contribution in [-0.2, 0) is 14.2 Å². The molecule has 2 unspecified atom stereocenters. The van der Waals surface area contributed by atoms with Gasteiger partial charge in [0.1, 0.15) is 0 Å². The van der Waals surface area contributed by atoms with Crippen molar-refractivity contribution in [3.63, 3.8) is 0 Å². The van der Waals surface area contributed by atoms with Gasteiger partial charge in [-0.3, -0.25) is 4.90 Å². The van der Waals surface area contributed by atoms with E-state index in [0.717, 1.165) is 32.6 Å². The lowest BCUT2D eigenvalue weighted by atomic mass is 9.92. The fraction of sp³-hybridized carbons (Fsp3) is 1.00. The molecule has 19 heavy (non-hydrogen) atoms. The van der Waals surface area contributed by atoms with Crippen LogP contribution in [0.25, 0.3) is 0 Å². The number of ether oxygens (including phenoxy) is 3. The van der Waals surface area contributed by atoms with E-state index >= 15 is 0 Å². The van der Waals surface area contributed by atoms with E-state index in [0.29, 0.717) is 12.5 Å². The summed E-state index contributed by atoms with van der Waals surface area (Å²) in [6.07, 6.45) is 2.96. The molecule has 0 aromatic heterocycles. The van der Waals surface area contributed by atoms with Crippen LogP contribution in [0.4, 0.5) is 0 Å². The second-order valence-electron chi connectivity index (χ2n) is 5.77. The monoisotopic (exact) mass is 274 g/mol. The first-order valence-electron chi connectivity index (χ1n) is 7.10. The molecule has 0 radical (unpaired) electrons. The number of hydrogen-bond donors (Lipinski definition) is 1. The van der Waals surface area contributed by atoms with Crippen molar-refractivity contribution in [1.29, 1.82) is 0 Å². The summed E-state index contributed by atoms with van der Waals surface area (Å²) >= 11 is 0. The molecular formula is C14H30N2O3. The molecule has 5 nitrogen and oxygen atoms in total. The lowest BCUT2D eigenvalue weighted by molar-refractivity contribution is -0.128. The molecule has 0 amide bonds. The van der Waals surface area contributed by atoms with Crippen molar-refractivity contribution < 1.29 is 14.2 Å². The van der Waals surface area contributed by atoms with Gasteiger partial charge in [-0.05, 0) is 32.7 Å². The molecule has 1 aliphatic heterocycles. The van der Waals surface area contributed by atoms with Gasteiger partial charge in [-0.2, -0.15) is 0 Å². The third kappa shape index (κ3) is 5.00. The average Bonchev–Trinajstić information content (AvgIpc) is 2.45. The van der Waals surface area contributed by atoms with Crippen molar-refractivity contribution in [3.05, 3.63) is 0 Å². The molecule has 114 valence electrons. The summed E-state index contributed by atoms with van der Waals surface area (Å²) < 4.78 is 16.2. The molecule has 1 heterocycles. The molecule has 1 saturated heterocycles. The van der Waals surface area contributed by atoms with Gasteiger partial charge in [-0.1, -0.05) is 0 Å². The van der Waals surface area contributed by atoms with Crippen molar-refractivity contribution in [1.82, 2.24) is 4.90 Å². The number of rotatable bonds is 8. The van der Waals surface area contributed by atoms with E-state index in [1.165, 1.54) is 6.42 Å². The van der Waals surface area contributed by atoms with E-state index in [1.807, 2.05) is 0 Å². The van der Waals surface area contributed by atoms with Crippen molar-refractivity contribution in [3.8, 4) is 0 Å². The molecule has 0 aromatic rings. The molecule has 0 saturated carbocycles. The normalized spacial score (nSPS) is 23.8. The number of likely N-dealkylation sites (N-methyl/N-ethyl adjacent to an activating group) is 1. The molecule has 1 fully saturated rings. The van der Waals surface area contributed by atoms with Gasteiger partial charge in [0.15, 0.2) is 6.29 Å². The molecule has 2 atom stereocenters. The van der Waals surface area contributed by atoms with E-state index in [4.69, 9.17) is 19.9 Å². The van der Waals surface area contributed by atoms with E-state index in [1.54, 1.807) is 14.2 Å². The minimum atomic E-state index is -0.210. The Morgan fingerprint density at radius 1 is 1.42 bits per heavy atom. The van der Waals surface area contributed by atoms with Crippen LogP contribution in [0, 0.1) is 5.92 Å². The van der Waals surface area contributed by atoms with Crippen LogP contribution in [0.15, 0.2) is 0 Å². The third-order valence-electron chi connectivity index (χ3n) is 4.28. The molecule has 0 aliphatic carbocycles. The van der Waals surface area contributed by atoms with E-state index in [-0.39, 0.29) is 11.8 Å². The first-order valence-corrected chi connectivity index (χ1v) is 7.10. The molecule has 0 bridgehead atoms. The number of nitrogens with zero attached hydrogens (tertiary/aromatic N) is 1. The zero-order valence-electron chi connectivity index (χ0n) is 12.9. The summed E-state index contributed by atoms with van der Waals surface area (Å²) in [6.45, 7) is 5.53. The lowest BCUT2D eigenvalue weighted by Crippen LogP contribution is -2.53. The lowest BCUT2D eigenvalue weighted by Gasteiger charge is -2.41. The van der Waals surface area contributed by atoms with Crippen molar-refractivity contribution in [2.45, 2.75) is 38.0 Å². The zero-order chi connectivity index (χ0) is 14.3. The van der Waals surface area contributed by atoms with Crippen LogP contribution < -0.4 is 5.73 Å². The van der Waals surface area contributed by atoms with E-state index in [2.05, 4.69) is 18.9 Å². The highest BCUT2D eigenvalue weighted by Crippen LogP contribution is 2.24. The Kier molecular flexibility index (Phi) is 7.25. The van der Waals surface area contributed by atoms with Gasteiger partial charge in [0.2, 0.25) is 0 Å². The fourth-order valence-corrected chi connectivity index (χ4v) is 2.58. The topological polar surface area (TPSA) is 57.0 Å². The van der Waals surface area contributed by atoms with Crippen LogP contribution in [-0.4, -0.2) is 64.3 Å².